The molecular weight excluding hydrogens is 458 g/mol. The van der Waals surface area contributed by atoms with Crippen molar-refractivity contribution in [2.75, 3.05) is 27.9 Å². The first-order chi connectivity index (χ1) is 17.5. The van der Waals surface area contributed by atoms with Crippen LogP contribution >= 0.6 is 0 Å². The fraction of sp³-hybridized carbons (Fsp3) is 0.172. The second kappa shape index (κ2) is 9.62. The van der Waals surface area contributed by atoms with E-state index in [-0.39, 0.29) is 5.91 Å². The first kappa shape index (κ1) is 23.2. The van der Waals surface area contributed by atoms with E-state index in [9.17, 15) is 9.59 Å². The molecule has 1 aromatic heterocycles. The Balaban J connectivity index is 1.43. The number of rotatable bonds is 6. The fourth-order valence-corrected chi connectivity index (χ4v) is 4.52. The molecule has 0 radical (unpaired) electrons. The topological polar surface area (TPSA) is 78.2 Å². The maximum atomic E-state index is 13.4. The summed E-state index contributed by atoms with van der Waals surface area (Å²) in [5.41, 5.74) is 3.20. The van der Waals surface area contributed by atoms with Crippen LogP contribution in [0.3, 0.4) is 0 Å². The van der Waals surface area contributed by atoms with Crippen molar-refractivity contribution in [1.29, 1.82) is 0 Å². The number of carbonyl (C=O) groups excluding carboxylic acids is 2. The normalized spacial score (nSPS) is 13.9. The fourth-order valence-electron chi connectivity index (χ4n) is 4.52. The minimum Gasteiger partial charge on any atom is -0.493 e. The first-order valence-corrected chi connectivity index (χ1v) is 11.5. The average molecular weight is 484 g/mol. The molecule has 2 amide bonds. The molecule has 3 aromatic carbocycles. The molecule has 5 rings (SSSR count). The average Bonchev–Trinajstić information content (AvgIpc) is 3.30. The molecule has 0 fully saturated rings. The van der Waals surface area contributed by atoms with Gasteiger partial charge in [0.05, 0.1) is 21.3 Å². The van der Waals surface area contributed by atoms with Crippen LogP contribution < -0.4 is 14.2 Å². The Morgan fingerprint density at radius 2 is 1.67 bits per heavy atom. The zero-order chi connectivity index (χ0) is 25.2. The lowest BCUT2D eigenvalue weighted by Gasteiger charge is -2.24. The van der Waals surface area contributed by atoms with Crippen molar-refractivity contribution in [2.24, 2.45) is 0 Å². The van der Waals surface area contributed by atoms with Crippen LogP contribution in [0.1, 0.15) is 17.5 Å². The summed E-state index contributed by atoms with van der Waals surface area (Å²) in [7, 11) is 4.58. The largest absolute Gasteiger partial charge is 0.493 e. The summed E-state index contributed by atoms with van der Waals surface area (Å²) in [5.74, 6) is 0.651. The van der Waals surface area contributed by atoms with Gasteiger partial charge in [0.1, 0.15) is 11.2 Å². The number of furan rings is 1. The second-order valence-corrected chi connectivity index (χ2v) is 8.27. The Kier molecular flexibility index (Phi) is 6.21. The van der Waals surface area contributed by atoms with Gasteiger partial charge in [-0.2, -0.15) is 0 Å². The van der Waals surface area contributed by atoms with Crippen LogP contribution in [0.5, 0.6) is 17.2 Å². The molecule has 7 heteroatoms. The van der Waals surface area contributed by atoms with E-state index in [0.717, 1.165) is 16.4 Å². The molecule has 36 heavy (non-hydrogen) atoms. The number of amides is 2. The molecule has 1 aliphatic rings. The van der Waals surface area contributed by atoms with Crippen molar-refractivity contribution >= 4 is 45.4 Å². The van der Waals surface area contributed by atoms with Gasteiger partial charge in [0.2, 0.25) is 5.75 Å². The van der Waals surface area contributed by atoms with Crippen LogP contribution in [0, 0.1) is 0 Å². The third kappa shape index (κ3) is 3.98. The predicted octanol–water partition coefficient (Wildman–Crippen LogP) is 5.47. The highest BCUT2D eigenvalue weighted by Crippen LogP contribution is 2.39. The molecule has 0 bridgehead atoms. The quantitative estimate of drug-likeness (QED) is 0.339. The van der Waals surface area contributed by atoms with Crippen LogP contribution in [0.4, 0.5) is 0 Å². The number of para-hydroxylation sites is 2. The number of nitrogens with zero attached hydrogens (tertiary/aromatic N) is 1. The molecule has 182 valence electrons. The zero-order valence-corrected chi connectivity index (χ0v) is 20.2. The van der Waals surface area contributed by atoms with Gasteiger partial charge >= 0.3 is 0 Å². The third-order valence-corrected chi connectivity index (χ3v) is 6.24. The molecule has 0 aliphatic carbocycles. The summed E-state index contributed by atoms with van der Waals surface area (Å²) in [5, 5.41) is 1.92. The number of hydrogen-bond acceptors (Lipinski definition) is 6. The lowest BCUT2D eigenvalue weighted by atomic mass is 9.98. The smallest absolute Gasteiger partial charge is 0.261 e. The van der Waals surface area contributed by atoms with Gasteiger partial charge in [0, 0.05) is 34.5 Å². The Morgan fingerprint density at radius 1 is 0.944 bits per heavy atom. The minimum absolute atomic E-state index is 0.302. The Labute approximate surface area is 208 Å². The van der Waals surface area contributed by atoms with Crippen LogP contribution in [-0.4, -0.2) is 44.6 Å². The molecule has 0 atom stereocenters. The van der Waals surface area contributed by atoms with Crippen molar-refractivity contribution in [3.8, 4) is 17.2 Å². The Hall–Kier alpha value is -4.52. The van der Waals surface area contributed by atoms with E-state index in [4.69, 9.17) is 18.6 Å². The summed E-state index contributed by atoms with van der Waals surface area (Å²) in [6.45, 7) is 0.302. The molecule has 0 spiro atoms. The summed E-state index contributed by atoms with van der Waals surface area (Å²) in [6.07, 6.45) is 5.43. The van der Waals surface area contributed by atoms with Crippen molar-refractivity contribution in [1.82, 2.24) is 4.90 Å². The molecule has 0 N–H and O–H groups in total. The van der Waals surface area contributed by atoms with E-state index < -0.39 is 5.91 Å². The van der Waals surface area contributed by atoms with E-state index in [2.05, 4.69) is 0 Å². The van der Waals surface area contributed by atoms with Gasteiger partial charge in [0.25, 0.3) is 11.8 Å². The number of benzene rings is 3. The van der Waals surface area contributed by atoms with Gasteiger partial charge in [-0.25, -0.2) is 0 Å². The standard InChI is InChI=1S/C29H25NO6/c1-33-24-16-18(17-25(34-2)28(24)35-3)13-14-26(31)30-15-7-11-22(29(30)32)21-10-6-9-20-19-8-4-5-12-23(19)36-27(20)21/h4-6,8-14,16-17H,7,15H2,1-3H3/b14-13+. The van der Waals surface area contributed by atoms with E-state index in [1.54, 1.807) is 18.2 Å². The van der Waals surface area contributed by atoms with Crippen molar-refractivity contribution in [3.63, 3.8) is 0 Å². The lowest BCUT2D eigenvalue weighted by molar-refractivity contribution is -0.138. The van der Waals surface area contributed by atoms with E-state index in [1.807, 2.05) is 48.5 Å². The molecule has 0 saturated carbocycles. The molecule has 2 heterocycles. The van der Waals surface area contributed by atoms with Crippen molar-refractivity contribution in [2.45, 2.75) is 6.42 Å². The summed E-state index contributed by atoms with van der Waals surface area (Å²) < 4.78 is 22.2. The van der Waals surface area contributed by atoms with Crippen LogP contribution in [0.2, 0.25) is 0 Å². The summed E-state index contributed by atoms with van der Waals surface area (Å²) >= 11 is 0. The van der Waals surface area contributed by atoms with Gasteiger partial charge < -0.3 is 18.6 Å². The Morgan fingerprint density at radius 3 is 2.39 bits per heavy atom. The first-order valence-electron chi connectivity index (χ1n) is 11.5. The van der Waals surface area contributed by atoms with Gasteiger partial charge in [-0.1, -0.05) is 42.5 Å². The van der Waals surface area contributed by atoms with E-state index in [1.165, 1.54) is 32.3 Å². The molecule has 7 nitrogen and oxygen atoms in total. The Bertz CT molecular complexity index is 1520. The highest BCUT2D eigenvalue weighted by molar-refractivity contribution is 6.28. The number of methoxy groups -OCH3 is 3. The third-order valence-electron chi connectivity index (χ3n) is 6.24. The molecular formula is C29H25NO6. The van der Waals surface area contributed by atoms with Crippen molar-refractivity contribution < 1.29 is 28.2 Å². The number of ether oxygens (including phenoxy) is 3. The maximum Gasteiger partial charge on any atom is 0.261 e. The minimum atomic E-state index is -0.406. The second-order valence-electron chi connectivity index (χ2n) is 8.27. The molecule has 1 aliphatic heterocycles. The predicted molar refractivity (Wildman–Crippen MR) is 138 cm³/mol. The van der Waals surface area contributed by atoms with E-state index >= 15 is 0 Å². The van der Waals surface area contributed by atoms with Crippen molar-refractivity contribution in [3.05, 3.63) is 77.9 Å². The number of carbonyl (C=O) groups is 2. The molecule has 0 unspecified atom stereocenters. The van der Waals surface area contributed by atoms with Gasteiger partial charge in [-0.15, -0.1) is 0 Å². The molecule has 4 aromatic rings. The highest BCUT2D eigenvalue weighted by Gasteiger charge is 2.29. The summed E-state index contributed by atoms with van der Waals surface area (Å²) in [4.78, 5) is 27.8. The molecule has 0 saturated heterocycles. The van der Waals surface area contributed by atoms with E-state index in [0.29, 0.717) is 52.5 Å². The van der Waals surface area contributed by atoms with Gasteiger partial charge in [-0.3, -0.25) is 14.5 Å². The van der Waals surface area contributed by atoms with Crippen LogP contribution in [0.15, 0.2) is 71.2 Å². The van der Waals surface area contributed by atoms with Crippen LogP contribution in [-0.2, 0) is 9.59 Å². The lowest BCUT2D eigenvalue weighted by Crippen LogP contribution is -2.39. The number of hydrogen-bond donors (Lipinski definition) is 0. The number of imide groups is 1. The zero-order valence-electron chi connectivity index (χ0n) is 20.2. The highest BCUT2D eigenvalue weighted by atomic mass is 16.5. The maximum absolute atomic E-state index is 13.4. The van der Waals surface area contributed by atoms with Gasteiger partial charge in [0.15, 0.2) is 11.5 Å². The SMILES string of the molecule is COc1cc(/C=C/C(=O)N2CCC=C(c3cccc4c3oc3ccccc34)C2=O)cc(OC)c1OC. The van der Waals surface area contributed by atoms with Gasteiger partial charge in [-0.05, 0) is 36.3 Å². The summed E-state index contributed by atoms with van der Waals surface area (Å²) in [6, 6.07) is 17.0. The number of fused-ring (bicyclic) bond motifs is 3. The van der Waals surface area contributed by atoms with Crippen LogP contribution in [0.25, 0.3) is 33.6 Å². The monoisotopic (exact) mass is 483 g/mol.